The van der Waals surface area contributed by atoms with Gasteiger partial charge >= 0.3 is 0 Å². The van der Waals surface area contributed by atoms with Crippen LogP contribution in [0.3, 0.4) is 0 Å². The number of H-pyrrole nitrogens is 1. The van der Waals surface area contributed by atoms with Crippen LogP contribution in [0.15, 0.2) is 6.07 Å². The van der Waals surface area contributed by atoms with E-state index in [1.807, 2.05) is 6.07 Å². The van der Waals surface area contributed by atoms with Crippen molar-refractivity contribution in [3.05, 3.63) is 11.8 Å². The van der Waals surface area contributed by atoms with E-state index in [1.165, 1.54) is 19.3 Å². The highest BCUT2D eigenvalue weighted by Crippen LogP contribution is 2.42. The van der Waals surface area contributed by atoms with E-state index < -0.39 is 0 Å². The van der Waals surface area contributed by atoms with Gasteiger partial charge in [0.15, 0.2) is 0 Å². The van der Waals surface area contributed by atoms with Gasteiger partial charge in [-0.15, -0.1) is 0 Å². The fourth-order valence-corrected chi connectivity index (χ4v) is 1.61. The summed E-state index contributed by atoms with van der Waals surface area (Å²) in [7, 11) is 0. The van der Waals surface area contributed by atoms with Crippen LogP contribution in [0.4, 0.5) is 5.82 Å². The monoisotopic (exact) mass is 151 g/mol. The summed E-state index contributed by atoms with van der Waals surface area (Å²) in [6.45, 7) is 2.24. The first kappa shape index (κ1) is 6.70. The molecule has 0 unspecified atom stereocenters. The maximum absolute atomic E-state index is 5.54. The van der Waals surface area contributed by atoms with Crippen LogP contribution in [-0.4, -0.2) is 10.2 Å². The zero-order valence-electron chi connectivity index (χ0n) is 6.72. The molecule has 0 spiro atoms. The molecule has 3 heteroatoms. The van der Waals surface area contributed by atoms with Gasteiger partial charge in [-0.2, -0.15) is 5.10 Å². The molecule has 3 nitrogen and oxygen atoms in total. The minimum Gasteiger partial charge on any atom is -0.384 e. The molecule has 60 valence electrons. The van der Waals surface area contributed by atoms with Crippen LogP contribution in [0.2, 0.25) is 0 Å². The van der Waals surface area contributed by atoms with Gasteiger partial charge < -0.3 is 5.73 Å². The van der Waals surface area contributed by atoms with Crippen molar-refractivity contribution < 1.29 is 0 Å². The SMILES string of the molecule is CC1(c2cc(N)[nH]n2)CCC1. The molecule has 0 amide bonds. The number of hydrogen-bond acceptors (Lipinski definition) is 2. The Hall–Kier alpha value is -0.990. The summed E-state index contributed by atoms with van der Waals surface area (Å²) in [5.41, 5.74) is 6.98. The Balaban J connectivity index is 2.28. The normalized spacial score (nSPS) is 21.2. The van der Waals surface area contributed by atoms with Gasteiger partial charge in [0.25, 0.3) is 0 Å². The Morgan fingerprint density at radius 1 is 1.64 bits per heavy atom. The van der Waals surface area contributed by atoms with Gasteiger partial charge in [0.1, 0.15) is 5.82 Å². The lowest BCUT2D eigenvalue weighted by molar-refractivity contribution is 0.264. The zero-order chi connectivity index (χ0) is 7.90. The number of nitrogens with one attached hydrogen (secondary N) is 1. The van der Waals surface area contributed by atoms with E-state index in [9.17, 15) is 0 Å². The van der Waals surface area contributed by atoms with Crippen molar-refractivity contribution in [2.24, 2.45) is 0 Å². The van der Waals surface area contributed by atoms with Crippen LogP contribution in [0.5, 0.6) is 0 Å². The number of aromatic amines is 1. The number of nitrogens with two attached hydrogens (primary N) is 1. The third-order valence-electron chi connectivity index (χ3n) is 2.67. The molecule has 0 saturated heterocycles. The number of hydrogen-bond donors (Lipinski definition) is 2. The highest BCUT2D eigenvalue weighted by molar-refractivity contribution is 5.33. The van der Waals surface area contributed by atoms with Crippen LogP contribution in [0.25, 0.3) is 0 Å². The van der Waals surface area contributed by atoms with Crippen LogP contribution < -0.4 is 5.73 Å². The molecule has 1 aliphatic rings. The standard InChI is InChI=1S/C8H13N3/c1-8(3-2-4-8)6-5-7(9)11-10-6/h5H,2-4H2,1H3,(H3,9,10,11). The number of nitrogen functional groups attached to an aromatic ring is 1. The van der Waals surface area contributed by atoms with Crippen LogP contribution in [0, 0.1) is 0 Å². The smallest absolute Gasteiger partial charge is 0.119 e. The molecule has 0 aliphatic heterocycles. The number of anilines is 1. The summed E-state index contributed by atoms with van der Waals surface area (Å²) in [5, 5.41) is 6.93. The van der Waals surface area contributed by atoms with Crippen molar-refractivity contribution >= 4 is 5.82 Å². The van der Waals surface area contributed by atoms with Crippen LogP contribution >= 0.6 is 0 Å². The summed E-state index contributed by atoms with van der Waals surface area (Å²) in [6.07, 6.45) is 3.82. The largest absolute Gasteiger partial charge is 0.384 e. The Kier molecular flexibility index (Phi) is 1.22. The van der Waals surface area contributed by atoms with Crippen molar-refractivity contribution in [1.29, 1.82) is 0 Å². The average Bonchev–Trinajstić information content (AvgIpc) is 2.31. The number of nitrogens with zero attached hydrogens (tertiary/aromatic N) is 1. The molecule has 1 aromatic heterocycles. The first-order chi connectivity index (χ1) is 5.21. The molecule has 11 heavy (non-hydrogen) atoms. The van der Waals surface area contributed by atoms with E-state index in [0.29, 0.717) is 11.2 Å². The third kappa shape index (κ3) is 0.914. The molecule has 1 saturated carbocycles. The lowest BCUT2D eigenvalue weighted by Crippen LogP contribution is -2.30. The second kappa shape index (κ2) is 2.00. The van der Waals surface area contributed by atoms with Crippen LogP contribution in [-0.2, 0) is 5.41 Å². The van der Waals surface area contributed by atoms with E-state index in [4.69, 9.17) is 5.73 Å². The van der Waals surface area contributed by atoms with E-state index in [1.54, 1.807) is 0 Å². The van der Waals surface area contributed by atoms with E-state index in [2.05, 4.69) is 17.1 Å². The van der Waals surface area contributed by atoms with Crippen molar-refractivity contribution in [3.63, 3.8) is 0 Å². The third-order valence-corrected chi connectivity index (χ3v) is 2.67. The van der Waals surface area contributed by atoms with Gasteiger partial charge in [0.05, 0.1) is 5.69 Å². The Labute approximate surface area is 66.0 Å². The topological polar surface area (TPSA) is 54.7 Å². The molecule has 2 rings (SSSR count). The molecule has 0 atom stereocenters. The maximum atomic E-state index is 5.54. The molecule has 3 N–H and O–H groups in total. The minimum absolute atomic E-state index is 0.314. The van der Waals surface area contributed by atoms with Crippen molar-refractivity contribution in [1.82, 2.24) is 10.2 Å². The summed E-state index contributed by atoms with van der Waals surface area (Å²) in [5.74, 6) is 0.674. The molecule has 0 radical (unpaired) electrons. The summed E-state index contributed by atoms with van der Waals surface area (Å²) >= 11 is 0. The molecule has 1 fully saturated rings. The lowest BCUT2D eigenvalue weighted by Gasteiger charge is -2.36. The molecular weight excluding hydrogens is 138 g/mol. The Morgan fingerprint density at radius 3 is 2.73 bits per heavy atom. The molecule has 0 aromatic carbocycles. The van der Waals surface area contributed by atoms with Gasteiger partial charge in [-0.1, -0.05) is 13.3 Å². The van der Waals surface area contributed by atoms with Gasteiger partial charge in [-0.25, -0.2) is 0 Å². The van der Waals surface area contributed by atoms with Crippen LogP contribution in [0.1, 0.15) is 31.9 Å². The maximum Gasteiger partial charge on any atom is 0.119 e. The van der Waals surface area contributed by atoms with Crippen molar-refractivity contribution in [3.8, 4) is 0 Å². The van der Waals surface area contributed by atoms with Gasteiger partial charge in [0.2, 0.25) is 0 Å². The first-order valence-corrected chi connectivity index (χ1v) is 4.02. The average molecular weight is 151 g/mol. The predicted octanol–water partition coefficient (Wildman–Crippen LogP) is 1.43. The highest BCUT2D eigenvalue weighted by Gasteiger charge is 2.35. The quantitative estimate of drug-likeness (QED) is 0.638. The predicted molar refractivity (Wildman–Crippen MR) is 44.2 cm³/mol. The van der Waals surface area contributed by atoms with Crippen molar-refractivity contribution in [2.75, 3.05) is 5.73 Å². The molecule has 1 heterocycles. The van der Waals surface area contributed by atoms with Gasteiger partial charge in [-0.3, -0.25) is 5.10 Å². The Bertz CT molecular complexity index is 260. The van der Waals surface area contributed by atoms with E-state index in [-0.39, 0.29) is 0 Å². The summed E-state index contributed by atoms with van der Waals surface area (Å²) < 4.78 is 0. The minimum atomic E-state index is 0.314. The highest BCUT2D eigenvalue weighted by atomic mass is 15.2. The summed E-state index contributed by atoms with van der Waals surface area (Å²) in [6, 6.07) is 1.94. The van der Waals surface area contributed by atoms with Crippen molar-refractivity contribution in [2.45, 2.75) is 31.6 Å². The fraction of sp³-hybridized carbons (Fsp3) is 0.625. The van der Waals surface area contributed by atoms with E-state index in [0.717, 1.165) is 5.69 Å². The summed E-state index contributed by atoms with van der Waals surface area (Å²) in [4.78, 5) is 0. The zero-order valence-corrected chi connectivity index (χ0v) is 6.72. The molecule has 1 aromatic rings. The lowest BCUT2D eigenvalue weighted by atomic mass is 9.68. The van der Waals surface area contributed by atoms with Gasteiger partial charge in [-0.05, 0) is 12.8 Å². The first-order valence-electron chi connectivity index (χ1n) is 4.02. The van der Waals surface area contributed by atoms with Gasteiger partial charge in [0, 0.05) is 11.5 Å². The number of aromatic nitrogens is 2. The Morgan fingerprint density at radius 2 is 2.36 bits per heavy atom. The molecule has 1 aliphatic carbocycles. The van der Waals surface area contributed by atoms with E-state index >= 15 is 0 Å². The second-order valence-corrected chi connectivity index (χ2v) is 3.62. The molecular formula is C8H13N3. The number of rotatable bonds is 1. The second-order valence-electron chi connectivity index (χ2n) is 3.62. The molecule has 0 bridgehead atoms. The fourth-order valence-electron chi connectivity index (χ4n) is 1.61.